The number of nitrogens with zero attached hydrogens (tertiary/aromatic N) is 3. The van der Waals surface area contributed by atoms with E-state index in [9.17, 15) is 19.8 Å². The average Bonchev–Trinajstić information content (AvgIpc) is 2.35. The number of rotatable bonds is 4. The molecule has 0 amide bonds. The number of aliphatic hydroxyl groups is 2. The van der Waals surface area contributed by atoms with Gasteiger partial charge in [0.25, 0.3) is 0 Å². The molecule has 1 fully saturated rings. The molecule has 0 aromatic heterocycles. The van der Waals surface area contributed by atoms with Gasteiger partial charge < -0.3 is 24.4 Å². The van der Waals surface area contributed by atoms with Crippen LogP contribution in [0.2, 0.25) is 0 Å². The van der Waals surface area contributed by atoms with Crippen molar-refractivity contribution in [2.24, 2.45) is 5.11 Å². The van der Waals surface area contributed by atoms with Gasteiger partial charge in [-0.15, -0.1) is 0 Å². The number of carbonyl (C=O) groups excluding carboxylic acids is 2. The maximum Gasteiger partial charge on any atom is 0.303 e. The van der Waals surface area contributed by atoms with Gasteiger partial charge in [-0.3, -0.25) is 9.59 Å². The van der Waals surface area contributed by atoms with Crippen molar-refractivity contribution in [3.05, 3.63) is 10.4 Å². The maximum absolute atomic E-state index is 11.0. The highest BCUT2D eigenvalue weighted by atomic mass is 16.6. The number of aliphatic hydroxyl groups excluding tert-OH is 2. The summed E-state index contributed by atoms with van der Waals surface area (Å²) in [5.41, 5.74) is 8.42. The fourth-order valence-corrected chi connectivity index (χ4v) is 1.77. The quantitative estimate of drug-likeness (QED) is 0.298. The summed E-state index contributed by atoms with van der Waals surface area (Å²) in [5.74, 6) is -1.33. The first kappa shape index (κ1) is 16.2. The molecule has 0 aliphatic carbocycles. The van der Waals surface area contributed by atoms with E-state index in [4.69, 9.17) is 15.0 Å². The summed E-state index contributed by atoms with van der Waals surface area (Å²) < 4.78 is 14.5. The lowest BCUT2D eigenvalue weighted by Gasteiger charge is -2.40. The highest BCUT2D eigenvalue weighted by molar-refractivity contribution is 5.66. The molecule has 10 heteroatoms. The van der Waals surface area contributed by atoms with Crippen molar-refractivity contribution in [2.75, 3.05) is 6.61 Å². The summed E-state index contributed by atoms with van der Waals surface area (Å²) in [5, 5.41) is 23.0. The van der Waals surface area contributed by atoms with Gasteiger partial charge in [-0.1, -0.05) is 5.11 Å². The third-order valence-electron chi connectivity index (χ3n) is 2.60. The van der Waals surface area contributed by atoms with E-state index >= 15 is 0 Å². The minimum atomic E-state index is -1.60. The summed E-state index contributed by atoms with van der Waals surface area (Å²) in [7, 11) is 0. The minimum absolute atomic E-state index is 0.339. The fourth-order valence-electron chi connectivity index (χ4n) is 1.77. The summed E-state index contributed by atoms with van der Waals surface area (Å²) in [4.78, 5) is 24.2. The van der Waals surface area contributed by atoms with E-state index in [0.717, 1.165) is 13.8 Å². The summed E-state index contributed by atoms with van der Waals surface area (Å²) in [6.45, 7) is 1.93. The van der Waals surface area contributed by atoms with Crippen LogP contribution in [0.1, 0.15) is 13.8 Å². The number of azide groups is 1. The van der Waals surface area contributed by atoms with E-state index in [1.54, 1.807) is 0 Å². The lowest BCUT2D eigenvalue weighted by Crippen LogP contribution is -2.59. The molecule has 3 unspecified atom stereocenters. The van der Waals surface area contributed by atoms with E-state index in [1.165, 1.54) is 0 Å². The summed E-state index contributed by atoms with van der Waals surface area (Å²) >= 11 is 0. The van der Waals surface area contributed by atoms with Crippen LogP contribution in [0.3, 0.4) is 0 Å². The van der Waals surface area contributed by atoms with Crippen molar-refractivity contribution in [3.63, 3.8) is 0 Å². The molecule has 1 saturated heterocycles. The van der Waals surface area contributed by atoms with Gasteiger partial charge in [0.2, 0.25) is 0 Å². The second-order valence-electron chi connectivity index (χ2n) is 4.13. The molecular formula is C10H15N3O7. The van der Waals surface area contributed by atoms with Crippen molar-refractivity contribution in [3.8, 4) is 0 Å². The third-order valence-corrected chi connectivity index (χ3v) is 2.60. The van der Waals surface area contributed by atoms with Gasteiger partial charge in [0, 0.05) is 18.8 Å². The zero-order valence-corrected chi connectivity index (χ0v) is 10.9. The molecule has 2 N–H and O–H groups in total. The smallest absolute Gasteiger partial charge is 0.303 e. The van der Waals surface area contributed by atoms with Crippen LogP contribution in [0, 0.1) is 0 Å². The molecule has 20 heavy (non-hydrogen) atoms. The second kappa shape index (κ2) is 7.06. The maximum atomic E-state index is 11.0. The molecule has 1 aliphatic heterocycles. The molecule has 5 atom stereocenters. The van der Waals surface area contributed by atoms with Crippen LogP contribution < -0.4 is 0 Å². The molecule has 0 spiro atoms. The summed E-state index contributed by atoms with van der Waals surface area (Å²) in [6.07, 6.45) is -5.42. The Morgan fingerprint density at radius 3 is 2.50 bits per heavy atom. The molecule has 0 aromatic carbocycles. The molecule has 10 nitrogen and oxygen atoms in total. The molecule has 0 radical (unpaired) electrons. The van der Waals surface area contributed by atoms with Crippen molar-refractivity contribution >= 4 is 11.9 Å². The van der Waals surface area contributed by atoms with Gasteiger partial charge in [-0.25, -0.2) is 0 Å². The molecule has 0 bridgehead atoms. The Kier molecular flexibility index (Phi) is 5.71. The van der Waals surface area contributed by atoms with Gasteiger partial charge in [0.15, 0.2) is 6.29 Å². The van der Waals surface area contributed by atoms with Crippen LogP contribution in [0.15, 0.2) is 5.11 Å². The minimum Gasteiger partial charge on any atom is -0.463 e. The first-order chi connectivity index (χ1) is 9.36. The van der Waals surface area contributed by atoms with Gasteiger partial charge in [0.1, 0.15) is 31.0 Å². The predicted octanol–water partition coefficient (Wildman–Crippen LogP) is -0.762. The number of hydrogen-bond donors (Lipinski definition) is 2. The zero-order chi connectivity index (χ0) is 15.3. The van der Waals surface area contributed by atoms with Gasteiger partial charge in [0.05, 0.1) is 0 Å². The zero-order valence-electron chi connectivity index (χ0n) is 10.9. The Hall–Kier alpha value is -1.87. The molecule has 112 valence electrons. The standard InChI is InChI=1S/C10H15N3O7/c1-4(14)18-3-6-8(16)9(19-5(2)15)7(12-13-11)10(17)20-6/h6-10,16-17H,3H2,1-2H3/t6?,7?,8-,9?,10+/m1/s1. The van der Waals surface area contributed by atoms with Crippen LogP contribution in [0.5, 0.6) is 0 Å². The van der Waals surface area contributed by atoms with Crippen LogP contribution in [-0.4, -0.2) is 59.4 Å². The Bertz CT molecular complexity index is 423. The monoisotopic (exact) mass is 289 g/mol. The van der Waals surface area contributed by atoms with Crippen LogP contribution >= 0.6 is 0 Å². The van der Waals surface area contributed by atoms with Crippen LogP contribution in [0.25, 0.3) is 10.4 Å². The number of esters is 2. The molecule has 1 aliphatic rings. The first-order valence-electron chi connectivity index (χ1n) is 5.73. The first-order valence-corrected chi connectivity index (χ1v) is 5.73. The van der Waals surface area contributed by atoms with E-state index in [0.29, 0.717) is 0 Å². The van der Waals surface area contributed by atoms with Gasteiger partial charge in [-0.05, 0) is 5.53 Å². The fraction of sp³-hybridized carbons (Fsp3) is 0.800. The number of carbonyl (C=O) groups is 2. The van der Waals surface area contributed by atoms with E-state index in [1.807, 2.05) is 0 Å². The Labute approximate surface area is 113 Å². The lowest BCUT2D eigenvalue weighted by atomic mass is 9.97. The predicted molar refractivity (Wildman–Crippen MR) is 62.0 cm³/mol. The van der Waals surface area contributed by atoms with Gasteiger partial charge in [-0.2, -0.15) is 0 Å². The number of ether oxygens (including phenoxy) is 3. The Balaban J connectivity index is 2.88. The molecule has 1 rings (SSSR count). The molecule has 0 aromatic rings. The van der Waals surface area contributed by atoms with Gasteiger partial charge >= 0.3 is 11.9 Å². The third kappa shape index (κ3) is 4.07. The lowest BCUT2D eigenvalue weighted by molar-refractivity contribution is -0.255. The van der Waals surface area contributed by atoms with E-state index in [2.05, 4.69) is 14.8 Å². The second-order valence-corrected chi connectivity index (χ2v) is 4.13. The van der Waals surface area contributed by atoms with Crippen LogP contribution in [0.4, 0.5) is 0 Å². The highest BCUT2D eigenvalue weighted by Gasteiger charge is 2.46. The van der Waals surface area contributed by atoms with Crippen molar-refractivity contribution < 1.29 is 34.0 Å². The Morgan fingerprint density at radius 1 is 1.35 bits per heavy atom. The Morgan fingerprint density at radius 2 is 2.00 bits per heavy atom. The van der Waals surface area contributed by atoms with E-state index in [-0.39, 0.29) is 6.61 Å². The molecular weight excluding hydrogens is 274 g/mol. The largest absolute Gasteiger partial charge is 0.463 e. The van der Waals surface area contributed by atoms with Crippen molar-refractivity contribution in [1.82, 2.24) is 0 Å². The van der Waals surface area contributed by atoms with E-state index < -0.39 is 42.6 Å². The van der Waals surface area contributed by atoms with Crippen molar-refractivity contribution in [1.29, 1.82) is 0 Å². The molecule has 1 heterocycles. The average molecular weight is 289 g/mol. The molecule has 0 saturated carbocycles. The summed E-state index contributed by atoms with van der Waals surface area (Å²) in [6, 6.07) is -1.30. The topological polar surface area (TPSA) is 151 Å². The SMILES string of the molecule is CC(=O)OCC1O[C@H](O)C(N=[N+]=[N-])C(OC(C)=O)[C@@H]1O. The normalized spacial score (nSPS) is 32.9. The van der Waals surface area contributed by atoms with Crippen molar-refractivity contribution in [2.45, 2.75) is 44.5 Å². The van der Waals surface area contributed by atoms with Crippen LogP contribution in [-0.2, 0) is 23.8 Å². The number of hydrogen-bond acceptors (Lipinski definition) is 8. The highest BCUT2D eigenvalue weighted by Crippen LogP contribution is 2.25.